The fourth-order valence-corrected chi connectivity index (χ4v) is 3.67. The summed E-state index contributed by atoms with van der Waals surface area (Å²) in [5.74, 6) is 1.25. The molecule has 0 bridgehead atoms. The predicted molar refractivity (Wildman–Crippen MR) is 124 cm³/mol. The zero-order valence-corrected chi connectivity index (χ0v) is 18.7. The maximum atomic E-state index is 11.6. The molecule has 0 spiro atoms. The summed E-state index contributed by atoms with van der Waals surface area (Å²) in [6.45, 7) is 10.1. The molecule has 7 heteroatoms. The van der Waals surface area contributed by atoms with Crippen molar-refractivity contribution in [1.82, 2.24) is 4.90 Å². The number of hydrogen-bond donors (Lipinski definition) is 1. The van der Waals surface area contributed by atoms with Crippen LogP contribution in [0.15, 0.2) is 42.5 Å². The summed E-state index contributed by atoms with van der Waals surface area (Å²) >= 11 is 0. The zero-order chi connectivity index (χ0) is 22.1. The van der Waals surface area contributed by atoms with Gasteiger partial charge in [0, 0.05) is 50.2 Å². The summed E-state index contributed by atoms with van der Waals surface area (Å²) in [6.07, 6.45) is 0.455. The van der Waals surface area contributed by atoms with Crippen molar-refractivity contribution in [1.29, 1.82) is 0 Å². The van der Waals surface area contributed by atoms with E-state index in [0.29, 0.717) is 30.4 Å². The molecule has 0 unspecified atom stereocenters. The number of anilines is 2. The molecule has 1 heterocycles. The lowest BCUT2D eigenvalue weighted by molar-refractivity contribution is 0.168. The Morgan fingerprint density at radius 2 is 1.87 bits per heavy atom. The first-order valence-corrected chi connectivity index (χ1v) is 10.9. The SMILES string of the molecule is CCOC(=O)Nc1ccc(OCCCN2CCN(c3cccc(C)c3)CC2)c(OC)c1. The van der Waals surface area contributed by atoms with Gasteiger partial charge in [0.1, 0.15) is 0 Å². The van der Waals surface area contributed by atoms with Gasteiger partial charge in [0.05, 0.1) is 20.3 Å². The predicted octanol–water partition coefficient (Wildman–Crippen LogP) is 4.16. The lowest BCUT2D eigenvalue weighted by Gasteiger charge is -2.36. The largest absolute Gasteiger partial charge is 0.493 e. The number of nitrogens with one attached hydrogen (secondary N) is 1. The van der Waals surface area contributed by atoms with Gasteiger partial charge in [-0.15, -0.1) is 0 Å². The van der Waals surface area contributed by atoms with Crippen molar-refractivity contribution in [2.45, 2.75) is 20.3 Å². The Labute approximate surface area is 184 Å². The topological polar surface area (TPSA) is 63.3 Å². The van der Waals surface area contributed by atoms with Crippen LogP contribution in [0.2, 0.25) is 0 Å². The Hall–Kier alpha value is -2.93. The summed E-state index contributed by atoms with van der Waals surface area (Å²) in [5.41, 5.74) is 3.22. The molecule has 1 saturated heterocycles. The first-order valence-electron chi connectivity index (χ1n) is 10.9. The van der Waals surface area contributed by atoms with Gasteiger partial charge in [0.2, 0.25) is 0 Å². The van der Waals surface area contributed by atoms with E-state index in [0.717, 1.165) is 39.1 Å². The van der Waals surface area contributed by atoms with E-state index >= 15 is 0 Å². The van der Waals surface area contributed by atoms with Crippen LogP contribution >= 0.6 is 0 Å². The van der Waals surface area contributed by atoms with Crippen molar-refractivity contribution >= 4 is 17.5 Å². The van der Waals surface area contributed by atoms with E-state index < -0.39 is 6.09 Å². The molecule has 1 N–H and O–H groups in total. The van der Waals surface area contributed by atoms with E-state index in [1.807, 2.05) is 0 Å². The summed E-state index contributed by atoms with van der Waals surface area (Å²) in [6, 6.07) is 14.0. The van der Waals surface area contributed by atoms with E-state index in [2.05, 4.69) is 46.3 Å². The molecule has 0 aromatic heterocycles. The number of carbonyl (C=O) groups excluding carboxylic acids is 1. The third-order valence-corrected chi connectivity index (χ3v) is 5.30. The Kier molecular flexibility index (Phi) is 8.41. The monoisotopic (exact) mass is 427 g/mol. The molecule has 31 heavy (non-hydrogen) atoms. The minimum atomic E-state index is -0.485. The Morgan fingerprint density at radius 3 is 2.58 bits per heavy atom. The van der Waals surface area contributed by atoms with Crippen LogP contribution in [0.3, 0.4) is 0 Å². The summed E-state index contributed by atoms with van der Waals surface area (Å²) in [7, 11) is 1.59. The second-order valence-corrected chi connectivity index (χ2v) is 7.58. The Morgan fingerprint density at radius 1 is 1.06 bits per heavy atom. The summed E-state index contributed by atoms with van der Waals surface area (Å²) in [4.78, 5) is 16.5. The normalized spacial score (nSPS) is 14.2. The minimum Gasteiger partial charge on any atom is -0.493 e. The van der Waals surface area contributed by atoms with Crippen molar-refractivity contribution in [3.63, 3.8) is 0 Å². The lowest BCUT2D eigenvalue weighted by atomic mass is 10.2. The molecule has 1 fully saturated rings. The Balaban J connectivity index is 1.40. The second kappa shape index (κ2) is 11.5. The van der Waals surface area contributed by atoms with Crippen LogP contribution in [0.25, 0.3) is 0 Å². The van der Waals surface area contributed by atoms with Gasteiger partial charge >= 0.3 is 6.09 Å². The number of nitrogens with zero attached hydrogens (tertiary/aromatic N) is 2. The van der Waals surface area contributed by atoms with Gasteiger partial charge < -0.3 is 19.1 Å². The van der Waals surface area contributed by atoms with Gasteiger partial charge in [-0.3, -0.25) is 10.2 Å². The maximum absolute atomic E-state index is 11.6. The molecule has 0 atom stereocenters. The van der Waals surface area contributed by atoms with Gasteiger partial charge in [0.15, 0.2) is 11.5 Å². The van der Waals surface area contributed by atoms with Crippen LogP contribution in [0.4, 0.5) is 16.2 Å². The quantitative estimate of drug-likeness (QED) is 0.606. The number of amides is 1. The highest BCUT2D eigenvalue weighted by atomic mass is 16.5. The number of carbonyl (C=O) groups is 1. The van der Waals surface area contributed by atoms with Crippen molar-refractivity contribution in [3.8, 4) is 11.5 Å². The molecule has 7 nitrogen and oxygen atoms in total. The van der Waals surface area contributed by atoms with Crippen LogP contribution in [0, 0.1) is 6.92 Å². The molecule has 0 aliphatic carbocycles. The third kappa shape index (κ3) is 6.79. The van der Waals surface area contributed by atoms with E-state index in [-0.39, 0.29) is 0 Å². The highest BCUT2D eigenvalue weighted by Gasteiger charge is 2.17. The summed E-state index contributed by atoms with van der Waals surface area (Å²) < 4.78 is 16.2. The molecule has 3 rings (SSSR count). The molecule has 1 amide bonds. The molecule has 0 saturated carbocycles. The molecular formula is C24H33N3O4. The number of hydrogen-bond acceptors (Lipinski definition) is 6. The van der Waals surface area contributed by atoms with Crippen molar-refractivity contribution in [2.75, 3.05) is 63.3 Å². The third-order valence-electron chi connectivity index (χ3n) is 5.30. The van der Waals surface area contributed by atoms with Gasteiger partial charge in [-0.05, 0) is 50.1 Å². The molecule has 2 aromatic rings. The number of benzene rings is 2. The molecule has 1 aliphatic rings. The van der Waals surface area contributed by atoms with Gasteiger partial charge in [-0.1, -0.05) is 12.1 Å². The number of ether oxygens (including phenoxy) is 3. The van der Waals surface area contributed by atoms with E-state index in [1.54, 1.807) is 32.2 Å². The fourth-order valence-electron chi connectivity index (χ4n) is 3.67. The average molecular weight is 428 g/mol. The molecular weight excluding hydrogens is 394 g/mol. The van der Waals surface area contributed by atoms with Crippen LogP contribution in [0.1, 0.15) is 18.9 Å². The highest BCUT2D eigenvalue weighted by molar-refractivity contribution is 5.85. The van der Waals surface area contributed by atoms with E-state index in [9.17, 15) is 4.79 Å². The average Bonchev–Trinajstić information content (AvgIpc) is 2.78. The van der Waals surface area contributed by atoms with E-state index in [1.165, 1.54) is 11.3 Å². The maximum Gasteiger partial charge on any atom is 0.411 e. The lowest BCUT2D eigenvalue weighted by Crippen LogP contribution is -2.46. The van der Waals surface area contributed by atoms with Crippen LogP contribution in [-0.4, -0.2) is 64.0 Å². The fraction of sp³-hybridized carbons (Fsp3) is 0.458. The smallest absolute Gasteiger partial charge is 0.411 e. The Bertz CT molecular complexity index is 850. The number of piperazine rings is 1. The second-order valence-electron chi connectivity index (χ2n) is 7.58. The van der Waals surface area contributed by atoms with Crippen LogP contribution in [0.5, 0.6) is 11.5 Å². The highest BCUT2D eigenvalue weighted by Crippen LogP contribution is 2.30. The summed E-state index contributed by atoms with van der Waals surface area (Å²) in [5, 5.41) is 2.67. The number of methoxy groups -OCH3 is 1. The van der Waals surface area contributed by atoms with Crippen molar-refractivity contribution < 1.29 is 19.0 Å². The van der Waals surface area contributed by atoms with E-state index in [4.69, 9.17) is 14.2 Å². The molecule has 0 radical (unpaired) electrons. The van der Waals surface area contributed by atoms with Gasteiger partial charge in [-0.25, -0.2) is 4.79 Å². The number of aryl methyl sites for hydroxylation is 1. The zero-order valence-electron chi connectivity index (χ0n) is 18.7. The standard InChI is InChI=1S/C24H33N3O4/c1-4-30-24(28)25-20-9-10-22(23(18-20)29-3)31-16-6-11-26-12-14-27(15-13-26)21-8-5-7-19(2)17-21/h5,7-10,17-18H,4,6,11-16H2,1-3H3,(H,25,28). The number of rotatable bonds is 9. The molecule has 1 aliphatic heterocycles. The van der Waals surface area contributed by atoms with Crippen LogP contribution < -0.4 is 19.7 Å². The molecule has 2 aromatic carbocycles. The minimum absolute atomic E-state index is 0.325. The van der Waals surface area contributed by atoms with Crippen molar-refractivity contribution in [2.24, 2.45) is 0 Å². The first kappa shape index (κ1) is 22.7. The van der Waals surface area contributed by atoms with Crippen molar-refractivity contribution in [3.05, 3.63) is 48.0 Å². The molecule has 168 valence electrons. The first-order chi connectivity index (χ1) is 15.1. The van der Waals surface area contributed by atoms with Gasteiger partial charge in [0.25, 0.3) is 0 Å². The van der Waals surface area contributed by atoms with Crippen LogP contribution in [-0.2, 0) is 4.74 Å². The van der Waals surface area contributed by atoms with Gasteiger partial charge in [-0.2, -0.15) is 0 Å².